The van der Waals surface area contributed by atoms with Crippen LogP contribution >= 0.6 is 0 Å². The molecule has 1 heterocycles. The summed E-state index contributed by atoms with van der Waals surface area (Å²) >= 11 is 0. The standard InChI is InChI=1S/C30H32O5/c1-3-18-34-29(30(31)32-4-2)20-22-13-15-24(16-14-22)33-19-17-26-25-10-6-5-9-23(25)21-35-28-12-8-7-11-27(26)28/h5-17,29H,3-4,18-21H2,1-2H3/b26-17-. The average Bonchev–Trinajstić information content (AvgIpc) is 3.05. The lowest BCUT2D eigenvalue weighted by Gasteiger charge is -2.16. The molecule has 35 heavy (non-hydrogen) atoms. The van der Waals surface area contributed by atoms with Gasteiger partial charge in [-0.1, -0.05) is 61.5 Å². The molecule has 3 aromatic rings. The van der Waals surface area contributed by atoms with Gasteiger partial charge in [-0.3, -0.25) is 0 Å². The van der Waals surface area contributed by atoms with Crippen molar-refractivity contribution >= 4 is 11.5 Å². The minimum atomic E-state index is -0.594. The van der Waals surface area contributed by atoms with E-state index in [4.69, 9.17) is 18.9 Å². The van der Waals surface area contributed by atoms with Gasteiger partial charge in [0.2, 0.25) is 0 Å². The third-order valence-electron chi connectivity index (χ3n) is 5.82. The van der Waals surface area contributed by atoms with Crippen molar-refractivity contribution in [1.29, 1.82) is 0 Å². The molecule has 1 aliphatic rings. The highest BCUT2D eigenvalue weighted by Gasteiger charge is 2.21. The third kappa shape index (κ3) is 6.31. The fraction of sp³-hybridized carbons (Fsp3) is 0.300. The molecule has 0 amide bonds. The zero-order valence-electron chi connectivity index (χ0n) is 20.4. The second-order valence-electron chi connectivity index (χ2n) is 8.33. The fourth-order valence-corrected chi connectivity index (χ4v) is 4.11. The number of ether oxygens (including phenoxy) is 4. The summed E-state index contributed by atoms with van der Waals surface area (Å²) in [5.74, 6) is 1.32. The van der Waals surface area contributed by atoms with Crippen molar-refractivity contribution in [3.05, 3.63) is 101 Å². The van der Waals surface area contributed by atoms with E-state index in [0.29, 0.717) is 32.8 Å². The minimum Gasteiger partial charge on any atom is -0.490 e. The maximum atomic E-state index is 12.2. The lowest BCUT2D eigenvalue weighted by atomic mass is 9.94. The topological polar surface area (TPSA) is 54.0 Å². The lowest BCUT2D eigenvalue weighted by molar-refractivity contribution is -0.156. The average molecular weight is 473 g/mol. The number of fused-ring (bicyclic) bond motifs is 2. The van der Waals surface area contributed by atoms with Gasteiger partial charge >= 0.3 is 5.97 Å². The van der Waals surface area contributed by atoms with Gasteiger partial charge in [-0.25, -0.2) is 4.79 Å². The second kappa shape index (κ2) is 12.2. The molecule has 1 aliphatic heterocycles. The Morgan fingerprint density at radius 2 is 1.71 bits per heavy atom. The van der Waals surface area contributed by atoms with E-state index < -0.39 is 6.10 Å². The summed E-state index contributed by atoms with van der Waals surface area (Å²) in [6.45, 7) is 5.65. The smallest absolute Gasteiger partial charge is 0.335 e. The number of para-hydroxylation sites is 1. The van der Waals surface area contributed by atoms with Crippen molar-refractivity contribution in [1.82, 2.24) is 0 Å². The first-order valence-corrected chi connectivity index (χ1v) is 12.2. The van der Waals surface area contributed by atoms with Gasteiger partial charge in [0, 0.05) is 18.6 Å². The molecule has 0 bridgehead atoms. The first kappa shape index (κ1) is 24.6. The largest absolute Gasteiger partial charge is 0.490 e. The zero-order valence-corrected chi connectivity index (χ0v) is 20.4. The van der Waals surface area contributed by atoms with Crippen molar-refractivity contribution in [2.24, 2.45) is 0 Å². The first-order valence-electron chi connectivity index (χ1n) is 12.2. The summed E-state index contributed by atoms with van der Waals surface area (Å²) in [6.07, 6.45) is 2.83. The van der Waals surface area contributed by atoms with E-state index in [-0.39, 0.29) is 5.97 Å². The van der Waals surface area contributed by atoms with Crippen LogP contribution < -0.4 is 9.47 Å². The maximum Gasteiger partial charge on any atom is 0.335 e. The highest BCUT2D eigenvalue weighted by Crippen LogP contribution is 2.36. The molecule has 182 valence electrons. The molecule has 5 heteroatoms. The molecule has 1 unspecified atom stereocenters. The van der Waals surface area contributed by atoms with Crippen molar-refractivity contribution in [2.45, 2.75) is 39.4 Å². The number of benzene rings is 3. The van der Waals surface area contributed by atoms with Gasteiger partial charge in [0.15, 0.2) is 6.10 Å². The van der Waals surface area contributed by atoms with E-state index in [1.807, 2.05) is 61.5 Å². The SMILES string of the molecule is CCCOC(Cc1ccc(OC/C=C2/c3ccccc3COc3ccccc32)cc1)C(=O)OCC. The summed E-state index contributed by atoms with van der Waals surface area (Å²) in [5.41, 5.74) is 5.48. The molecule has 0 aliphatic carbocycles. The zero-order chi connectivity index (χ0) is 24.5. The van der Waals surface area contributed by atoms with Crippen LogP contribution in [0.4, 0.5) is 0 Å². The number of hydrogen-bond acceptors (Lipinski definition) is 5. The lowest BCUT2D eigenvalue weighted by Crippen LogP contribution is -2.29. The number of carbonyl (C=O) groups is 1. The molecule has 0 fully saturated rings. The van der Waals surface area contributed by atoms with Crippen molar-refractivity contribution < 1.29 is 23.7 Å². The normalized spacial score (nSPS) is 14.3. The van der Waals surface area contributed by atoms with Crippen LogP contribution in [0.15, 0.2) is 78.9 Å². The summed E-state index contributed by atoms with van der Waals surface area (Å²) in [6, 6.07) is 24.2. The Morgan fingerprint density at radius 1 is 0.971 bits per heavy atom. The molecule has 0 radical (unpaired) electrons. The molecule has 3 aromatic carbocycles. The molecule has 0 saturated heterocycles. The third-order valence-corrected chi connectivity index (χ3v) is 5.82. The van der Waals surface area contributed by atoms with Crippen LogP contribution in [0, 0.1) is 0 Å². The quantitative estimate of drug-likeness (QED) is 0.339. The van der Waals surface area contributed by atoms with E-state index in [0.717, 1.165) is 45.7 Å². The molecular weight excluding hydrogens is 440 g/mol. The van der Waals surface area contributed by atoms with Crippen LogP contribution in [-0.2, 0) is 27.3 Å². The predicted molar refractivity (Wildman–Crippen MR) is 137 cm³/mol. The summed E-state index contributed by atoms with van der Waals surface area (Å²) in [7, 11) is 0. The van der Waals surface area contributed by atoms with E-state index in [9.17, 15) is 4.79 Å². The Balaban J connectivity index is 1.45. The van der Waals surface area contributed by atoms with E-state index in [1.54, 1.807) is 6.92 Å². The molecular formula is C30H32O5. The molecule has 0 N–H and O–H groups in total. The van der Waals surface area contributed by atoms with Gasteiger partial charge in [0.05, 0.1) is 6.61 Å². The first-order chi connectivity index (χ1) is 17.2. The Morgan fingerprint density at radius 3 is 2.49 bits per heavy atom. The van der Waals surface area contributed by atoms with Gasteiger partial charge in [0.25, 0.3) is 0 Å². The highest BCUT2D eigenvalue weighted by molar-refractivity contribution is 5.85. The van der Waals surface area contributed by atoms with Gasteiger partial charge < -0.3 is 18.9 Å². The Kier molecular flexibility index (Phi) is 8.58. The maximum absolute atomic E-state index is 12.2. The van der Waals surface area contributed by atoms with Gasteiger partial charge in [0.1, 0.15) is 24.7 Å². The number of hydrogen-bond donors (Lipinski definition) is 0. The number of rotatable bonds is 10. The van der Waals surface area contributed by atoms with E-state index in [2.05, 4.69) is 24.3 Å². The molecule has 4 rings (SSSR count). The molecule has 5 nitrogen and oxygen atoms in total. The summed E-state index contributed by atoms with van der Waals surface area (Å²) in [5, 5.41) is 0. The number of carbonyl (C=O) groups excluding carboxylic acids is 1. The fourth-order valence-electron chi connectivity index (χ4n) is 4.11. The molecule has 0 saturated carbocycles. The van der Waals surface area contributed by atoms with Gasteiger partial charge in [-0.05, 0) is 59.9 Å². The number of esters is 1. The predicted octanol–water partition coefficient (Wildman–Crippen LogP) is 5.99. The Hall–Kier alpha value is -3.57. The van der Waals surface area contributed by atoms with Crippen LogP contribution in [0.25, 0.3) is 5.57 Å². The Labute approximate surface area is 207 Å². The molecule has 1 atom stereocenters. The highest BCUT2D eigenvalue weighted by atomic mass is 16.6. The Bertz CT molecular complexity index is 1100. The van der Waals surface area contributed by atoms with Crippen LogP contribution in [0.1, 0.15) is 42.5 Å². The minimum absolute atomic E-state index is 0.319. The van der Waals surface area contributed by atoms with Crippen LogP contribution in [0.3, 0.4) is 0 Å². The van der Waals surface area contributed by atoms with Crippen LogP contribution in [0.2, 0.25) is 0 Å². The van der Waals surface area contributed by atoms with Crippen molar-refractivity contribution in [3.63, 3.8) is 0 Å². The van der Waals surface area contributed by atoms with Crippen LogP contribution in [-0.4, -0.2) is 31.9 Å². The van der Waals surface area contributed by atoms with Crippen LogP contribution in [0.5, 0.6) is 11.5 Å². The van der Waals surface area contributed by atoms with E-state index >= 15 is 0 Å². The van der Waals surface area contributed by atoms with Crippen molar-refractivity contribution in [3.8, 4) is 11.5 Å². The summed E-state index contributed by atoms with van der Waals surface area (Å²) in [4.78, 5) is 12.2. The van der Waals surface area contributed by atoms with Gasteiger partial charge in [-0.15, -0.1) is 0 Å². The molecule has 0 spiro atoms. The van der Waals surface area contributed by atoms with Gasteiger partial charge in [-0.2, -0.15) is 0 Å². The summed E-state index contributed by atoms with van der Waals surface area (Å²) < 4.78 is 23.0. The monoisotopic (exact) mass is 472 g/mol. The second-order valence-corrected chi connectivity index (χ2v) is 8.33. The molecule has 0 aromatic heterocycles. The van der Waals surface area contributed by atoms with Crippen molar-refractivity contribution in [2.75, 3.05) is 19.8 Å². The van der Waals surface area contributed by atoms with E-state index in [1.165, 1.54) is 0 Å².